The van der Waals surface area contributed by atoms with E-state index in [2.05, 4.69) is 4.74 Å². The fourth-order valence-corrected chi connectivity index (χ4v) is 0.375. The molecule has 0 aliphatic rings. The lowest BCUT2D eigenvalue weighted by atomic mass is 10.0. The number of ketones is 1. The molecule has 0 bridgehead atoms. The summed E-state index contributed by atoms with van der Waals surface area (Å²) in [5, 5.41) is 8.41. The lowest BCUT2D eigenvalue weighted by Gasteiger charge is -2.17. The number of carboxylic acids is 1. The predicted octanol–water partition coefficient (Wildman–Crippen LogP) is -0.845. The van der Waals surface area contributed by atoms with Crippen LogP contribution in [0.1, 0.15) is 6.92 Å². The van der Waals surface area contributed by atoms with E-state index in [4.69, 9.17) is 5.11 Å². The SMILES string of the molecule is COC(C)(C(=O)O)C(=O)[C]=O. The third-order valence-electron chi connectivity index (χ3n) is 1.34. The van der Waals surface area contributed by atoms with Crippen LogP contribution in [-0.4, -0.2) is 35.9 Å². The number of carbonyl (C=O) groups is 2. The lowest BCUT2D eigenvalue weighted by molar-refractivity contribution is -0.163. The average Bonchev–Trinajstić information content (AvgIpc) is 2.01. The molecule has 1 N–H and O–H groups in total. The molecule has 0 spiro atoms. The van der Waals surface area contributed by atoms with Crippen LogP contribution in [0.15, 0.2) is 0 Å². The maximum Gasteiger partial charge on any atom is 0.344 e. The number of Topliss-reactive ketones (excluding diaryl/α,β-unsaturated/α-hetero) is 1. The van der Waals surface area contributed by atoms with E-state index < -0.39 is 17.4 Å². The Morgan fingerprint density at radius 2 is 2.00 bits per heavy atom. The largest absolute Gasteiger partial charge is 0.479 e. The van der Waals surface area contributed by atoms with E-state index >= 15 is 0 Å². The monoisotopic (exact) mass is 159 g/mol. The zero-order valence-electron chi connectivity index (χ0n) is 6.08. The smallest absolute Gasteiger partial charge is 0.344 e. The maximum atomic E-state index is 10.6. The van der Waals surface area contributed by atoms with Gasteiger partial charge in [0.05, 0.1) is 0 Å². The molecule has 0 aromatic carbocycles. The molecule has 1 unspecified atom stereocenters. The van der Waals surface area contributed by atoms with Gasteiger partial charge in [-0.2, -0.15) is 0 Å². The van der Waals surface area contributed by atoms with Crippen molar-refractivity contribution in [2.24, 2.45) is 0 Å². The molecule has 0 fully saturated rings. The third-order valence-corrected chi connectivity index (χ3v) is 1.34. The van der Waals surface area contributed by atoms with Crippen molar-refractivity contribution in [2.45, 2.75) is 12.5 Å². The number of hydrogen-bond donors (Lipinski definition) is 1. The van der Waals surface area contributed by atoms with Gasteiger partial charge in [0.25, 0.3) is 6.29 Å². The summed E-state index contributed by atoms with van der Waals surface area (Å²) < 4.78 is 4.34. The van der Waals surface area contributed by atoms with Crippen LogP contribution in [0.4, 0.5) is 0 Å². The Bertz CT molecular complexity index is 197. The molecule has 0 heterocycles. The van der Waals surface area contributed by atoms with Crippen molar-refractivity contribution in [3.05, 3.63) is 0 Å². The minimum Gasteiger partial charge on any atom is -0.479 e. The van der Waals surface area contributed by atoms with E-state index in [9.17, 15) is 14.4 Å². The first-order valence-corrected chi connectivity index (χ1v) is 2.70. The van der Waals surface area contributed by atoms with Crippen LogP contribution in [0.3, 0.4) is 0 Å². The van der Waals surface area contributed by atoms with E-state index in [-0.39, 0.29) is 0 Å². The second-order valence-electron chi connectivity index (χ2n) is 1.97. The van der Waals surface area contributed by atoms with E-state index in [1.807, 2.05) is 0 Å². The highest BCUT2D eigenvalue weighted by Gasteiger charge is 2.41. The molecular formula is C6H7O5. The topological polar surface area (TPSA) is 80.7 Å². The molecule has 0 aliphatic carbocycles. The summed E-state index contributed by atoms with van der Waals surface area (Å²) in [5.74, 6) is -2.74. The molecule has 0 saturated heterocycles. The molecule has 0 aromatic rings. The molecule has 61 valence electrons. The van der Waals surface area contributed by atoms with Crippen LogP contribution in [0.2, 0.25) is 0 Å². The third kappa shape index (κ3) is 1.62. The summed E-state index contributed by atoms with van der Waals surface area (Å²) in [7, 11) is 1.03. The summed E-state index contributed by atoms with van der Waals surface area (Å²) in [4.78, 5) is 30.7. The van der Waals surface area contributed by atoms with E-state index in [1.165, 1.54) is 0 Å². The minimum absolute atomic E-state index is 0.943. The maximum absolute atomic E-state index is 10.6. The highest BCUT2D eigenvalue weighted by Crippen LogP contribution is 2.08. The number of ether oxygens (including phenoxy) is 1. The number of carbonyl (C=O) groups excluding carboxylic acids is 2. The Hall–Kier alpha value is -1.23. The Morgan fingerprint density at radius 1 is 1.55 bits per heavy atom. The summed E-state index contributed by atoms with van der Waals surface area (Å²) in [6.07, 6.45) is 0.943. The molecule has 11 heavy (non-hydrogen) atoms. The molecule has 1 atom stereocenters. The molecule has 0 saturated carbocycles. The molecule has 0 amide bonds. The van der Waals surface area contributed by atoms with Crippen molar-refractivity contribution < 1.29 is 24.2 Å². The minimum atomic E-state index is -2.10. The molecule has 0 aromatic heterocycles. The normalized spacial score (nSPS) is 15.1. The van der Waals surface area contributed by atoms with Gasteiger partial charge >= 0.3 is 5.97 Å². The van der Waals surface area contributed by atoms with Gasteiger partial charge in [-0.25, -0.2) is 4.79 Å². The Balaban J connectivity index is 4.73. The van der Waals surface area contributed by atoms with Crippen LogP contribution in [0.5, 0.6) is 0 Å². The van der Waals surface area contributed by atoms with Gasteiger partial charge in [0.1, 0.15) is 0 Å². The van der Waals surface area contributed by atoms with Crippen LogP contribution in [0.25, 0.3) is 0 Å². The first-order chi connectivity index (χ1) is 4.99. The highest BCUT2D eigenvalue weighted by atomic mass is 16.5. The first kappa shape index (κ1) is 9.77. The van der Waals surface area contributed by atoms with Gasteiger partial charge in [0.2, 0.25) is 11.4 Å². The second-order valence-corrected chi connectivity index (χ2v) is 1.97. The van der Waals surface area contributed by atoms with Crippen molar-refractivity contribution in [3.63, 3.8) is 0 Å². The highest BCUT2D eigenvalue weighted by molar-refractivity contribution is 6.34. The summed E-state index contributed by atoms with van der Waals surface area (Å²) in [6.45, 7) is 0.989. The van der Waals surface area contributed by atoms with Crippen LogP contribution in [0, 0.1) is 0 Å². The van der Waals surface area contributed by atoms with Crippen LogP contribution >= 0.6 is 0 Å². The number of carboxylic acid groups (broad SMARTS) is 1. The average molecular weight is 159 g/mol. The van der Waals surface area contributed by atoms with Gasteiger partial charge in [0, 0.05) is 7.11 Å². The summed E-state index contributed by atoms with van der Waals surface area (Å²) in [6, 6.07) is 0. The van der Waals surface area contributed by atoms with E-state index in [0.717, 1.165) is 20.3 Å². The lowest BCUT2D eigenvalue weighted by Crippen LogP contribution is -2.46. The summed E-state index contributed by atoms with van der Waals surface area (Å²) >= 11 is 0. The van der Waals surface area contributed by atoms with Gasteiger partial charge in [-0.1, -0.05) is 0 Å². The quantitative estimate of drug-likeness (QED) is 0.427. The second kappa shape index (κ2) is 3.25. The Morgan fingerprint density at radius 3 is 2.09 bits per heavy atom. The van der Waals surface area contributed by atoms with Crippen molar-refractivity contribution >= 4 is 18.0 Å². The fourth-order valence-electron chi connectivity index (χ4n) is 0.375. The van der Waals surface area contributed by atoms with Gasteiger partial charge in [-0.3, -0.25) is 9.59 Å². The molecule has 0 aliphatic heterocycles. The number of aliphatic carboxylic acids is 1. The first-order valence-electron chi connectivity index (χ1n) is 2.70. The van der Waals surface area contributed by atoms with Gasteiger partial charge in [-0.15, -0.1) is 0 Å². The van der Waals surface area contributed by atoms with Gasteiger partial charge in [0.15, 0.2) is 0 Å². The van der Waals surface area contributed by atoms with Crippen LogP contribution < -0.4 is 0 Å². The summed E-state index contributed by atoms with van der Waals surface area (Å²) in [5.41, 5.74) is -2.10. The van der Waals surface area contributed by atoms with Crippen molar-refractivity contribution in [3.8, 4) is 0 Å². The van der Waals surface area contributed by atoms with Crippen molar-refractivity contribution in [2.75, 3.05) is 7.11 Å². The van der Waals surface area contributed by atoms with Crippen molar-refractivity contribution in [1.29, 1.82) is 0 Å². The zero-order valence-corrected chi connectivity index (χ0v) is 6.08. The molecule has 1 radical (unpaired) electrons. The molecule has 5 heteroatoms. The molecule has 5 nitrogen and oxygen atoms in total. The number of rotatable bonds is 4. The molecular weight excluding hydrogens is 152 g/mol. The van der Waals surface area contributed by atoms with Gasteiger partial charge in [-0.05, 0) is 6.92 Å². The Labute approximate surface area is 63.0 Å². The predicted molar refractivity (Wildman–Crippen MR) is 33.8 cm³/mol. The van der Waals surface area contributed by atoms with E-state index in [1.54, 1.807) is 0 Å². The Kier molecular flexibility index (Phi) is 2.88. The van der Waals surface area contributed by atoms with Gasteiger partial charge < -0.3 is 9.84 Å². The van der Waals surface area contributed by atoms with E-state index in [0.29, 0.717) is 0 Å². The van der Waals surface area contributed by atoms with Crippen molar-refractivity contribution in [1.82, 2.24) is 0 Å². The van der Waals surface area contributed by atoms with Crippen LogP contribution in [-0.2, 0) is 19.1 Å². The zero-order chi connectivity index (χ0) is 9.07. The standard InChI is InChI=1S/C6H7O5/c1-6(11-2,5(9)10)4(8)3-7/h1-2H3,(H,9,10). The number of hydrogen-bond acceptors (Lipinski definition) is 4. The number of methoxy groups -OCH3 is 1. The molecule has 0 rings (SSSR count). The fraction of sp³-hybridized carbons (Fsp3) is 0.500.